The van der Waals surface area contributed by atoms with E-state index in [1.165, 1.54) is 18.2 Å². The Morgan fingerprint density at radius 2 is 2.05 bits per heavy atom. The first kappa shape index (κ1) is 14.8. The summed E-state index contributed by atoms with van der Waals surface area (Å²) < 4.78 is 0. The Bertz CT molecular complexity index is 700. The van der Waals surface area contributed by atoms with E-state index in [4.69, 9.17) is 0 Å². The standard InChI is InChI=1S/C19H22N2O/c1-2-14-8-6-12-18(14)20-21-19(22)13-16-10-5-9-15-7-3-4-11-17(15)16/h3-5,7,9-11,14H,2,6,8,12-13H2,1H3,(H,21,22)/b20-18+. The number of carbonyl (C=O) groups excluding carboxylic acids is 1. The van der Waals surface area contributed by atoms with E-state index in [1.54, 1.807) is 0 Å². The van der Waals surface area contributed by atoms with Crippen LogP contribution in [0, 0.1) is 5.92 Å². The summed E-state index contributed by atoms with van der Waals surface area (Å²) >= 11 is 0. The summed E-state index contributed by atoms with van der Waals surface area (Å²) in [6.07, 6.45) is 4.89. The molecule has 3 heteroatoms. The summed E-state index contributed by atoms with van der Waals surface area (Å²) in [7, 11) is 0. The van der Waals surface area contributed by atoms with Crippen molar-refractivity contribution >= 4 is 22.4 Å². The highest BCUT2D eigenvalue weighted by molar-refractivity contribution is 5.92. The molecule has 3 nitrogen and oxygen atoms in total. The largest absolute Gasteiger partial charge is 0.273 e. The molecule has 0 heterocycles. The van der Waals surface area contributed by atoms with Crippen LogP contribution < -0.4 is 5.43 Å². The van der Waals surface area contributed by atoms with Crippen LogP contribution in [-0.2, 0) is 11.2 Å². The lowest BCUT2D eigenvalue weighted by Gasteiger charge is -2.08. The highest BCUT2D eigenvalue weighted by Crippen LogP contribution is 2.25. The molecule has 114 valence electrons. The summed E-state index contributed by atoms with van der Waals surface area (Å²) in [6, 6.07) is 14.2. The molecule has 1 unspecified atom stereocenters. The fraction of sp³-hybridized carbons (Fsp3) is 0.368. The first-order chi connectivity index (χ1) is 10.8. The molecule has 2 aromatic rings. The van der Waals surface area contributed by atoms with Crippen LogP contribution in [0.1, 0.15) is 38.2 Å². The van der Waals surface area contributed by atoms with Crippen molar-refractivity contribution in [2.24, 2.45) is 11.0 Å². The highest BCUT2D eigenvalue weighted by atomic mass is 16.2. The quantitative estimate of drug-likeness (QED) is 0.849. The minimum absolute atomic E-state index is 0.0365. The Labute approximate surface area is 131 Å². The number of hydrazone groups is 1. The summed E-state index contributed by atoms with van der Waals surface area (Å²) in [5.74, 6) is 0.517. The van der Waals surface area contributed by atoms with Gasteiger partial charge in [0.05, 0.1) is 6.42 Å². The number of rotatable bonds is 4. The monoisotopic (exact) mass is 294 g/mol. The van der Waals surface area contributed by atoms with Crippen LogP contribution in [0.3, 0.4) is 0 Å². The van der Waals surface area contributed by atoms with E-state index in [-0.39, 0.29) is 5.91 Å². The second-order valence-electron chi connectivity index (χ2n) is 5.95. The summed E-state index contributed by atoms with van der Waals surface area (Å²) in [6.45, 7) is 2.18. The number of hydrogen-bond donors (Lipinski definition) is 1. The topological polar surface area (TPSA) is 41.5 Å². The maximum Gasteiger partial charge on any atom is 0.244 e. The Kier molecular flexibility index (Phi) is 4.52. The minimum atomic E-state index is -0.0365. The molecule has 0 bridgehead atoms. The van der Waals surface area contributed by atoms with Gasteiger partial charge in [0.15, 0.2) is 0 Å². The van der Waals surface area contributed by atoms with Crippen LogP contribution in [0.5, 0.6) is 0 Å². The smallest absolute Gasteiger partial charge is 0.244 e. The van der Waals surface area contributed by atoms with Crippen molar-refractivity contribution in [3.05, 3.63) is 48.0 Å². The van der Waals surface area contributed by atoms with Gasteiger partial charge in [0.25, 0.3) is 0 Å². The molecule has 2 aromatic carbocycles. The molecule has 0 aromatic heterocycles. The highest BCUT2D eigenvalue weighted by Gasteiger charge is 2.20. The lowest BCUT2D eigenvalue weighted by atomic mass is 10.0. The SMILES string of the molecule is CCC1CCC/C1=N\NC(=O)Cc1cccc2ccccc12. The third-order valence-electron chi connectivity index (χ3n) is 4.50. The van der Waals surface area contributed by atoms with Gasteiger partial charge in [-0.1, -0.05) is 49.4 Å². The molecule has 0 spiro atoms. The molecule has 1 aliphatic carbocycles. The van der Waals surface area contributed by atoms with E-state index in [2.05, 4.69) is 35.7 Å². The van der Waals surface area contributed by atoms with Crippen molar-refractivity contribution < 1.29 is 4.79 Å². The number of hydrogen-bond acceptors (Lipinski definition) is 2. The molecule has 1 N–H and O–H groups in total. The van der Waals surface area contributed by atoms with Crippen LogP contribution in [0.4, 0.5) is 0 Å². The zero-order chi connectivity index (χ0) is 15.4. The summed E-state index contributed by atoms with van der Waals surface area (Å²) in [5, 5.41) is 6.68. The molecule has 1 saturated carbocycles. The minimum Gasteiger partial charge on any atom is -0.273 e. The third kappa shape index (κ3) is 3.19. The predicted octanol–water partition coefficient (Wildman–Crippen LogP) is 4.06. The van der Waals surface area contributed by atoms with Gasteiger partial charge in [-0.2, -0.15) is 5.10 Å². The van der Waals surface area contributed by atoms with Crippen molar-refractivity contribution in [2.45, 2.75) is 39.0 Å². The van der Waals surface area contributed by atoms with Gasteiger partial charge in [-0.15, -0.1) is 0 Å². The Hall–Kier alpha value is -2.16. The molecule has 1 aliphatic rings. The number of fused-ring (bicyclic) bond motifs is 1. The first-order valence-electron chi connectivity index (χ1n) is 8.10. The van der Waals surface area contributed by atoms with E-state index in [0.717, 1.165) is 29.5 Å². The summed E-state index contributed by atoms with van der Waals surface area (Å²) in [4.78, 5) is 12.2. The molecule has 0 radical (unpaired) electrons. The fourth-order valence-electron chi connectivity index (χ4n) is 3.28. The molecule has 0 aliphatic heterocycles. The molecule has 1 fully saturated rings. The average Bonchev–Trinajstić information content (AvgIpc) is 3.01. The van der Waals surface area contributed by atoms with Crippen LogP contribution in [0.2, 0.25) is 0 Å². The van der Waals surface area contributed by atoms with Crippen LogP contribution in [-0.4, -0.2) is 11.6 Å². The second-order valence-corrected chi connectivity index (χ2v) is 5.95. The van der Waals surface area contributed by atoms with Gasteiger partial charge in [0.1, 0.15) is 0 Å². The van der Waals surface area contributed by atoms with Crippen LogP contribution in [0.15, 0.2) is 47.6 Å². The molecular formula is C19H22N2O. The Morgan fingerprint density at radius 3 is 2.91 bits per heavy atom. The van der Waals surface area contributed by atoms with Crippen molar-refractivity contribution in [1.82, 2.24) is 5.43 Å². The fourth-order valence-corrected chi connectivity index (χ4v) is 3.28. The van der Waals surface area contributed by atoms with E-state index < -0.39 is 0 Å². The maximum atomic E-state index is 12.2. The zero-order valence-electron chi connectivity index (χ0n) is 13.0. The van der Waals surface area contributed by atoms with Gasteiger partial charge in [0.2, 0.25) is 5.91 Å². The molecular weight excluding hydrogens is 272 g/mol. The maximum absolute atomic E-state index is 12.2. The van der Waals surface area contributed by atoms with Crippen LogP contribution >= 0.6 is 0 Å². The van der Waals surface area contributed by atoms with Gasteiger partial charge in [-0.3, -0.25) is 4.79 Å². The zero-order valence-corrected chi connectivity index (χ0v) is 13.0. The molecule has 1 atom stereocenters. The van der Waals surface area contributed by atoms with Crippen molar-refractivity contribution in [2.75, 3.05) is 0 Å². The van der Waals surface area contributed by atoms with Gasteiger partial charge in [-0.05, 0) is 47.9 Å². The van der Waals surface area contributed by atoms with Crippen molar-refractivity contribution in [3.8, 4) is 0 Å². The lowest BCUT2D eigenvalue weighted by molar-refractivity contribution is -0.120. The van der Waals surface area contributed by atoms with E-state index in [9.17, 15) is 4.79 Å². The van der Waals surface area contributed by atoms with E-state index in [0.29, 0.717) is 12.3 Å². The van der Waals surface area contributed by atoms with E-state index in [1.807, 2.05) is 24.3 Å². The van der Waals surface area contributed by atoms with Gasteiger partial charge < -0.3 is 0 Å². The van der Waals surface area contributed by atoms with Crippen LogP contribution in [0.25, 0.3) is 10.8 Å². The number of nitrogens with zero attached hydrogens (tertiary/aromatic N) is 1. The van der Waals surface area contributed by atoms with Gasteiger partial charge in [-0.25, -0.2) is 5.43 Å². The first-order valence-corrected chi connectivity index (χ1v) is 8.10. The average molecular weight is 294 g/mol. The van der Waals surface area contributed by atoms with Gasteiger partial charge >= 0.3 is 0 Å². The van der Waals surface area contributed by atoms with Crippen molar-refractivity contribution in [1.29, 1.82) is 0 Å². The Morgan fingerprint density at radius 1 is 1.23 bits per heavy atom. The normalized spacial score (nSPS) is 19.7. The second kappa shape index (κ2) is 6.73. The molecule has 1 amide bonds. The Balaban J connectivity index is 1.70. The molecule has 22 heavy (non-hydrogen) atoms. The number of nitrogens with one attached hydrogen (secondary N) is 1. The van der Waals surface area contributed by atoms with Gasteiger partial charge in [0, 0.05) is 5.71 Å². The number of benzene rings is 2. The molecule has 0 saturated heterocycles. The number of amides is 1. The van der Waals surface area contributed by atoms with E-state index >= 15 is 0 Å². The number of carbonyl (C=O) groups is 1. The van der Waals surface area contributed by atoms with Crippen molar-refractivity contribution in [3.63, 3.8) is 0 Å². The summed E-state index contributed by atoms with van der Waals surface area (Å²) in [5.41, 5.74) is 4.96. The predicted molar refractivity (Wildman–Crippen MR) is 90.9 cm³/mol. The third-order valence-corrected chi connectivity index (χ3v) is 4.50. The molecule has 3 rings (SSSR count). The lowest BCUT2D eigenvalue weighted by Crippen LogP contribution is -2.22.